The molecule has 3 heteroatoms. The molecule has 0 fully saturated rings. The van der Waals surface area contributed by atoms with Crippen LogP contribution in [0, 0.1) is 0 Å². The second-order valence-electron chi connectivity index (χ2n) is 3.73. The van der Waals surface area contributed by atoms with Gasteiger partial charge in [0.05, 0.1) is 0 Å². The second-order valence-corrected chi connectivity index (χ2v) is 4.09. The lowest BCUT2D eigenvalue weighted by Crippen LogP contribution is -2.25. The Morgan fingerprint density at radius 1 is 1.27 bits per heavy atom. The molecule has 1 aromatic rings. The summed E-state index contributed by atoms with van der Waals surface area (Å²) >= 11 is 6.03. The zero-order chi connectivity index (χ0) is 11.1. The molecule has 0 aliphatic carbocycles. The normalized spacial score (nSPS) is 10.9. The molecule has 84 valence electrons. The summed E-state index contributed by atoms with van der Waals surface area (Å²) in [6.07, 6.45) is 4.09. The van der Waals surface area contributed by atoms with Crippen LogP contribution in [0.15, 0.2) is 18.3 Å². The van der Waals surface area contributed by atoms with Gasteiger partial charge in [-0.2, -0.15) is 0 Å². The molecule has 0 saturated heterocycles. The third-order valence-corrected chi connectivity index (χ3v) is 2.65. The van der Waals surface area contributed by atoms with Crippen molar-refractivity contribution in [1.82, 2.24) is 9.88 Å². The van der Waals surface area contributed by atoms with Gasteiger partial charge in [-0.05, 0) is 32.0 Å². The van der Waals surface area contributed by atoms with Crippen molar-refractivity contribution in [3.05, 3.63) is 29.0 Å². The maximum Gasteiger partial charge on any atom is 0.133 e. The first-order valence-corrected chi connectivity index (χ1v) is 5.97. The monoisotopic (exact) mass is 226 g/mol. The van der Waals surface area contributed by atoms with E-state index in [1.807, 2.05) is 12.1 Å². The molecule has 0 amide bonds. The molecule has 0 aliphatic rings. The second kappa shape index (κ2) is 6.81. The lowest BCUT2D eigenvalue weighted by Gasteiger charge is -2.21. The standard InChI is InChI=1S/C12H19ClN2/c1-3-8-15(9-4-2)10-11-6-5-7-14-12(11)13/h5-7H,3-4,8-10H2,1-2H3. The van der Waals surface area contributed by atoms with Crippen LogP contribution in [-0.4, -0.2) is 23.0 Å². The number of rotatable bonds is 6. The van der Waals surface area contributed by atoms with Gasteiger partial charge < -0.3 is 0 Å². The van der Waals surface area contributed by atoms with Crippen LogP contribution in [-0.2, 0) is 6.54 Å². The molecular weight excluding hydrogens is 208 g/mol. The molecule has 2 nitrogen and oxygen atoms in total. The predicted octanol–water partition coefficient (Wildman–Crippen LogP) is 3.36. The summed E-state index contributed by atoms with van der Waals surface area (Å²) in [5.41, 5.74) is 1.13. The predicted molar refractivity (Wildman–Crippen MR) is 65.1 cm³/mol. The average molecular weight is 227 g/mol. The quantitative estimate of drug-likeness (QED) is 0.692. The third kappa shape index (κ3) is 4.18. The maximum absolute atomic E-state index is 6.03. The number of aromatic nitrogens is 1. The van der Waals surface area contributed by atoms with E-state index in [0.29, 0.717) is 5.15 Å². The Kier molecular flexibility index (Phi) is 5.66. The summed E-state index contributed by atoms with van der Waals surface area (Å²) < 4.78 is 0. The summed E-state index contributed by atoms with van der Waals surface area (Å²) in [5.74, 6) is 0. The molecule has 0 bridgehead atoms. The zero-order valence-corrected chi connectivity index (χ0v) is 10.3. The minimum atomic E-state index is 0.634. The van der Waals surface area contributed by atoms with E-state index in [-0.39, 0.29) is 0 Å². The van der Waals surface area contributed by atoms with Gasteiger partial charge in [0.2, 0.25) is 0 Å². The van der Waals surface area contributed by atoms with Crippen LogP contribution in [0.3, 0.4) is 0 Å². The number of hydrogen-bond donors (Lipinski definition) is 0. The van der Waals surface area contributed by atoms with Crippen LogP contribution >= 0.6 is 11.6 Å². The molecule has 0 N–H and O–H groups in total. The van der Waals surface area contributed by atoms with Crippen molar-refractivity contribution in [2.45, 2.75) is 33.2 Å². The van der Waals surface area contributed by atoms with E-state index >= 15 is 0 Å². The largest absolute Gasteiger partial charge is 0.299 e. The molecular formula is C12H19ClN2. The molecule has 0 unspecified atom stereocenters. The van der Waals surface area contributed by atoms with E-state index in [2.05, 4.69) is 23.7 Å². The van der Waals surface area contributed by atoms with Crippen LogP contribution in [0.5, 0.6) is 0 Å². The van der Waals surface area contributed by atoms with Gasteiger partial charge in [0.1, 0.15) is 5.15 Å². The molecule has 0 atom stereocenters. The highest BCUT2D eigenvalue weighted by Crippen LogP contribution is 2.14. The molecule has 1 rings (SSSR count). The van der Waals surface area contributed by atoms with Gasteiger partial charge in [-0.1, -0.05) is 31.5 Å². The Morgan fingerprint density at radius 3 is 2.47 bits per heavy atom. The van der Waals surface area contributed by atoms with Crippen LogP contribution in [0.4, 0.5) is 0 Å². The number of hydrogen-bond acceptors (Lipinski definition) is 2. The molecule has 0 spiro atoms. The summed E-state index contributed by atoms with van der Waals surface area (Å²) in [6.45, 7) is 7.56. The lowest BCUT2D eigenvalue weighted by atomic mass is 10.2. The minimum absolute atomic E-state index is 0.634. The maximum atomic E-state index is 6.03. The van der Waals surface area contributed by atoms with E-state index < -0.39 is 0 Å². The Labute approximate surface area is 97.3 Å². The topological polar surface area (TPSA) is 16.1 Å². The van der Waals surface area contributed by atoms with Crippen LogP contribution in [0.1, 0.15) is 32.3 Å². The number of nitrogens with zero attached hydrogens (tertiary/aromatic N) is 2. The van der Waals surface area contributed by atoms with Crippen molar-refractivity contribution in [3.8, 4) is 0 Å². The first-order valence-electron chi connectivity index (χ1n) is 5.59. The lowest BCUT2D eigenvalue weighted by molar-refractivity contribution is 0.266. The van der Waals surface area contributed by atoms with E-state index in [0.717, 1.165) is 25.2 Å². The number of pyridine rings is 1. The molecule has 0 aromatic carbocycles. The molecule has 0 aliphatic heterocycles. The first-order chi connectivity index (χ1) is 7.27. The van der Waals surface area contributed by atoms with E-state index in [1.165, 1.54) is 12.8 Å². The van der Waals surface area contributed by atoms with Gasteiger partial charge in [-0.3, -0.25) is 4.90 Å². The highest BCUT2D eigenvalue weighted by atomic mass is 35.5. The van der Waals surface area contributed by atoms with Gasteiger partial charge in [0.15, 0.2) is 0 Å². The Morgan fingerprint density at radius 2 is 1.93 bits per heavy atom. The summed E-state index contributed by atoms with van der Waals surface area (Å²) in [4.78, 5) is 6.51. The Hall–Kier alpha value is -0.600. The smallest absolute Gasteiger partial charge is 0.133 e. The molecule has 1 heterocycles. The van der Waals surface area contributed by atoms with Crippen molar-refractivity contribution in [3.63, 3.8) is 0 Å². The first kappa shape index (κ1) is 12.5. The van der Waals surface area contributed by atoms with E-state index in [9.17, 15) is 0 Å². The van der Waals surface area contributed by atoms with E-state index in [4.69, 9.17) is 11.6 Å². The van der Waals surface area contributed by atoms with Gasteiger partial charge in [0.25, 0.3) is 0 Å². The Bertz CT molecular complexity index is 283. The SMILES string of the molecule is CCCN(CCC)Cc1cccnc1Cl. The van der Waals surface area contributed by atoms with Gasteiger partial charge >= 0.3 is 0 Å². The fourth-order valence-corrected chi connectivity index (χ4v) is 1.86. The average Bonchev–Trinajstić information content (AvgIpc) is 2.22. The summed E-state index contributed by atoms with van der Waals surface area (Å²) in [5, 5.41) is 0.634. The molecule has 0 saturated carbocycles. The highest BCUT2D eigenvalue weighted by molar-refractivity contribution is 6.30. The van der Waals surface area contributed by atoms with Crippen molar-refractivity contribution >= 4 is 11.6 Å². The van der Waals surface area contributed by atoms with Crippen molar-refractivity contribution in [2.75, 3.05) is 13.1 Å². The van der Waals surface area contributed by atoms with E-state index in [1.54, 1.807) is 6.20 Å². The van der Waals surface area contributed by atoms with Gasteiger partial charge in [-0.15, -0.1) is 0 Å². The van der Waals surface area contributed by atoms with Crippen molar-refractivity contribution in [2.24, 2.45) is 0 Å². The van der Waals surface area contributed by atoms with Crippen LogP contribution < -0.4 is 0 Å². The van der Waals surface area contributed by atoms with Crippen LogP contribution in [0.25, 0.3) is 0 Å². The zero-order valence-electron chi connectivity index (χ0n) is 9.54. The van der Waals surface area contributed by atoms with Gasteiger partial charge in [0, 0.05) is 18.3 Å². The third-order valence-electron chi connectivity index (χ3n) is 2.31. The molecule has 15 heavy (non-hydrogen) atoms. The summed E-state index contributed by atoms with van der Waals surface area (Å²) in [7, 11) is 0. The van der Waals surface area contributed by atoms with Crippen molar-refractivity contribution in [1.29, 1.82) is 0 Å². The van der Waals surface area contributed by atoms with Crippen LogP contribution in [0.2, 0.25) is 5.15 Å². The summed E-state index contributed by atoms with van der Waals surface area (Å²) in [6, 6.07) is 3.99. The minimum Gasteiger partial charge on any atom is -0.299 e. The molecule has 0 radical (unpaired) electrons. The number of halogens is 1. The fraction of sp³-hybridized carbons (Fsp3) is 0.583. The van der Waals surface area contributed by atoms with Crippen molar-refractivity contribution < 1.29 is 0 Å². The Balaban J connectivity index is 2.60. The molecule has 1 aromatic heterocycles. The highest BCUT2D eigenvalue weighted by Gasteiger charge is 2.06. The van der Waals surface area contributed by atoms with Gasteiger partial charge in [-0.25, -0.2) is 4.98 Å². The fourth-order valence-electron chi connectivity index (χ4n) is 1.68.